The molecular weight excluding hydrogens is 222 g/mol. The zero-order valence-corrected chi connectivity index (χ0v) is 10.1. The lowest BCUT2D eigenvalue weighted by atomic mass is 10.2. The lowest BCUT2D eigenvalue weighted by Crippen LogP contribution is -2.46. The number of rotatable bonds is 3. The Morgan fingerprint density at radius 2 is 1.82 bits per heavy atom. The maximum atomic E-state index is 13.6. The third-order valence-electron chi connectivity index (χ3n) is 3.16. The van der Waals surface area contributed by atoms with Gasteiger partial charge in [-0.3, -0.25) is 4.90 Å². The molecule has 1 saturated heterocycles. The SMILES string of the molecule is CCCN1CCN(c2ccc(F)cc2F)CC1. The molecule has 0 aliphatic carbocycles. The number of hydrogen-bond acceptors (Lipinski definition) is 2. The number of nitrogens with zero attached hydrogens (tertiary/aromatic N) is 2. The van der Waals surface area contributed by atoms with Crippen LogP contribution in [0.5, 0.6) is 0 Å². The molecule has 1 aromatic carbocycles. The molecule has 1 aliphatic heterocycles. The molecule has 2 nitrogen and oxygen atoms in total. The van der Waals surface area contributed by atoms with Crippen molar-refractivity contribution in [3.63, 3.8) is 0 Å². The minimum absolute atomic E-state index is 0.464. The van der Waals surface area contributed by atoms with Crippen molar-refractivity contribution in [2.75, 3.05) is 37.6 Å². The Morgan fingerprint density at radius 1 is 1.12 bits per heavy atom. The summed E-state index contributed by atoms with van der Waals surface area (Å²) < 4.78 is 26.4. The van der Waals surface area contributed by atoms with Gasteiger partial charge in [0.05, 0.1) is 5.69 Å². The van der Waals surface area contributed by atoms with Gasteiger partial charge in [-0.1, -0.05) is 6.92 Å². The van der Waals surface area contributed by atoms with Crippen LogP contribution >= 0.6 is 0 Å². The molecule has 1 heterocycles. The van der Waals surface area contributed by atoms with Crippen LogP contribution in [-0.2, 0) is 0 Å². The van der Waals surface area contributed by atoms with Crippen LogP contribution in [0.15, 0.2) is 18.2 Å². The lowest BCUT2D eigenvalue weighted by Gasteiger charge is -2.36. The molecule has 0 bridgehead atoms. The molecule has 0 saturated carbocycles. The zero-order chi connectivity index (χ0) is 12.3. The predicted octanol–water partition coefficient (Wildman–Crippen LogP) is 2.50. The summed E-state index contributed by atoms with van der Waals surface area (Å²) in [6, 6.07) is 3.80. The maximum Gasteiger partial charge on any atom is 0.149 e. The van der Waals surface area contributed by atoms with Gasteiger partial charge in [0, 0.05) is 32.2 Å². The van der Waals surface area contributed by atoms with E-state index in [0.29, 0.717) is 5.69 Å². The molecular formula is C13H18F2N2. The van der Waals surface area contributed by atoms with Gasteiger partial charge >= 0.3 is 0 Å². The van der Waals surface area contributed by atoms with Gasteiger partial charge < -0.3 is 4.90 Å². The first-order chi connectivity index (χ1) is 8.20. The second kappa shape index (κ2) is 5.45. The molecule has 0 N–H and O–H groups in total. The standard InChI is InChI=1S/C13H18F2N2/c1-2-5-16-6-8-17(9-7-16)13-4-3-11(14)10-12(13)15/h3-4,10H,2,5-9H2,1H3. The molecule has 0 spiro atoms. The van der Waals surface area contributed by atoms with Crippen molar-refractivity contribution >= 4 is 5.69 Å². The molecule has 0 amide bonds. The summed E-state index contributed by atoms with van der Waals surface area (Å²) in [5.41, 5.74) is 0.516. The molecule has 17 heavy (non-hydrogen) atoms. The van der Waals surface area contributed by atoms with E-state index in [9.17, 15) is 8.78 Å². The van der Waals surface area contributed by atoms with Gasteiger partial charge in [0.15, 0.2) is 0 Å². The van der Waals surface area contributed by atoms with E-state index >= 15 is 0 Å². The van der Waals surface area contributed by atoms with Crippen LogP contribution in [0.4, 0.5) is 14.5 Å². The third kappa shape index (κ3) is 2.94. The number of benzene rings is 1. The minimum Gasteiger partial charge on any atom is -0.367 e. The largest absolute Gasteiger partial charge is 0.367 e. The Balaban J connectivity index is 2.00. The van der Waals surface area contributed by atoms with E-state index in [-0.39, 0.29) is 0 Å². The molecule has 0 radical (unpaired) electrons. The normalized spacial score (nSPS) is 17.5. The Kier molecular flexibility index (Phi) is 3.94. The molecule has 94 valence electrons. The molecule has 0 atom stereocenters. The lowest BCUT2D eigenvalue weighted by molar-refractivity contribution is 0.258. The first-order valence-corrected chi connectivity index (χ1v) is 6.13. The summed E-state index contributed by atoms with van der Waals surface area (Å²) in [7, 11) is 0. The molecule has 2 rings (SSSR count). The van der Waals surface area contributed by atoms with Gasteiger partial charge in [-0.05, 0) is 25.1 Å². The van der Waals surface area contributed by atoms with Crippen LogP contribution in [-0.4, -0.2) is 37.6 Å². The first kappa shape index (κ1) is 12.3. The third-order valence-corrected chi connectivity index (χ3v) is 3.16. The van der Waals surface area contributed by atoms with Crippen molar-refractivity contribution in [2.45, 2.75) is 13.3 Å². The van der Waals surface area contributed by atoms with E-state index in [2.05, 4.69) is 11.8 Å². The average Bonchev–Trinajstić information content (AvgIpc) is 2.31. The van der Waals surface area contributed by atoms with Crippen molar-refractivity contribution in [3.05, 3.63) is 29.8 Å². The molecule has 1 aliphatic rings. The zero-order valence-electron chi connectivity index (χ0n) is 10.1. The molecule has 0 unspecified atom stereocenters. The molecule has 1 aromatic rings. The van der Waals surface area contributed by atoms with Gasteiger partial charge in [-0.25, -0.2) is 8.78 Å². The fourth-order valence-electron chi connectivity index (χ4n) is 2.27. The second-order valence-electron chi connectivity index (χ2n) is 4.42. The van der Waals surface area contributed by atoms with Crippen LogP contribution in [0.1, 0.15) is 13.3 Å². The Hall–Kier alpha value is -1.16. The smallest absolute Gasteiger partial charge is 0.149 e. The van der Waals surface area contributed by atoms with Crippen molar-refractivity contribution in [1.29, 1.82) is 0 Å². The quantitative estimate of drug-likeness (QED) is 0.801. The fraction of sp³-hybridized carbons (Fsp3) is 0.538. The molecule has 4 heteroatoms. The van der Waals surface area contributed by atoms with E-state index in [1.165, 1.54) is 12.1 Å². The highest BCUT2D eigenvalue weighted by atomic mass is 19.1. The summed E-state index contributed by atoms with van der Waals surface area (Å²) in [6.07, 6.45) is 1.14. The highest BCUT2D eigenvalue weighted by Crippen LogP contribution is 2.21. The van der Waals surface area contributed by atoms with Gasteiger partial charge in [0.25, 0.3) is 0 Å². The Bertz CT molecular complexity index is 374. The Labute approximate surface area is 101 Å². The van der Waals surface area contributed by atoms with Gasteiger partial charge in [-0.2, -0.15) is 0 Å². The summed E-state index contributed by atoms with van der Waals surface area (Å²) in [5, 5.41) is 0. The van der Waals surface area contributed by atoms with Gasteiger partial charge in [-0.15, -0.1) is 0 Å². The van der Waals surface area contributed by atoms with Crippen molar-refractivity contribution in [1.82, 2.24) is 4.90 Å². The van der Waals surface area contributed by atoms with Gasteiger partial charge in [0.1, 0.15) is 11.6 Å². The maximum absolute atomic E-state index is 13.6. The fourth-order valence-corrected chi connectivity index (χ4v) is 2.27. The monoisotopic (exact) mass is 240 g/mol. The summed E-state index contributed by atoms with van der Waals surface area (Å²) in [5.74, 6) is -0.982. The topological polar surface area (TPSA) is 6.48 Å². The highest BCUT2D eigenvalue weighted by molar-refractivity contribution is 5.48. The van der Waals surface area contributed by atoms with Crippen LogP contribution in [0.2, 0.25) is 0 Å². The van der Waals surface area contributed by atoms with Crippen LogP contribution < -0.4 is 4.90 Å². The number of hydrogen-bond donors (Lipinski definition) is 0. The predicted molar refractivity (Wildman–Crippen MR) is 65.3 cm³/mol. The van der Waals surface area contributed by atoms with E-state index in [0.717, 1.165) is 45.2 Å². The van der Waals surface area contributed by atoms with E-state index in [1.807, 2.05) is 4.90 Å². The summed E-state index contributed by atoms with van der Waals surface area (Å²) in [4.78, 5) is 4.36. The summed E-state index contributed by atoms with van der Waals surface area (Å²) >= 11 is 0. The van der Waals surface area contributed by atoms with Crippen LogP contribution in [0, 0.1) is 11.6 Å². The second-order valence-corrected chi connectivity index (χ2v) is 4.42. The van der Waals surface area contributed by atoms with E-state index in [4.69, 9.17) is 0 Å². The van der Waals surface area contributed by atoms with E-state index in [1.54, 1.807) is 0 Å². The number of piperazine rings is 1. The number of anilines is 1. The highest BCUT2D eigenvalue weighted by Gasteiger charge is 2.18. The first-order valence-electron chi connectivity index (χ1n) is 6.13. The molecule has 0 aromatic heterocycles. The van der Waals surface area contributed by atoms with Gasteiger partial charge in [0.2, 0.25) is 0 Å². The average molecular weight is 240 g/mol. The minimum atomic E-state index is -0.518. The van der Waals surface area contributed by atoms with Crippen molar-refractivity contribution < 1.29 is 8.78 Å². The van der Waals surface area contributed by atoms with Crippen LogP contribution in [0.25, 0.3) is 0 Å². The number of halogens is 2. The van der Waals surface area contributed by atoms with Crippen molar-refractivity contribution in [3.8, 4) is 0 Å². The van der Waals surface area contributed by atoms with E-state index < -0.39 is 11.6 Å². The summed E-state index contributed by atoms with van der Waals surface area (Å²) in [6.45, 7) is 6.77. The Morgan fingerprint density at radius 3 is 2.41 bits per heavy atom. The molecule has 1 fully saturated rings. The van der Waals surface area contributed by atoms with Crippen molar-refractivity contribution in [2.24, 2.45) is 0 Å². The van der Waals surface area contributed by atoms with Crippen LogP contribution in [0.3, 0.4) is 0 Å².